The zero-order valence-corrected chi connectivity index (χ0v) is 25.9. The van der Waals surface area contributed by atoms with Crippen LogP contribution in [0.2, 0.25) is 0 Å². The van der Waals surface area contributed by atoms with Gasteiger partial charge in [0.15, 0.2) is 0 Å². The number of carbonyl (C=O) groups is 1. The summed E-state index contributed by atoms with van der Waals surface area (Å²) in [6.07, 6.45) is 2.78. The van der Waals surface area contributed by atoms with E-state index in [-0.39, 0.29) is 55.6 Å². The van der Waals surface area contributed by atoms with Gasteiger partial charge >= 0.3 is 35.7 Å². The minimum atomic E-state index is -5.59. The van der Waals surface area contributed by atoms with Crippen molar-refractivity contribution in [3.05, 3.63) is 59.8 Å². The molecule has 0 radical (unpaired) electrons. The van der Waals surface area contributed by atoms with Gasteiger partial charge in [0.05, 0.1) is 38.4 Å². The number of nitrogens with two attached hydrogens (primary N) is 1. The third kappa shape index (κ3) is 10.9. The van der Waals surface area contributed by atoms with Crippen molar-refractivity contribution in [2.75, 3.05) is 26.3 Å². The third-order valence-corrected chi connectivity index (χ3v) is 8.86. The molecule has 2 aliphatic rings. The third-order valence-electron chi connectivity index (χ3n) is 6.16. The molecule has 0 aromatic heterocycles. The zero-order chi connectivity index (χ0) is 27.8. The van der Waals surface area contributed by atoms with Gasteiger partial charge in [0.1, 0.15) is 6.10 Å². The van der Waals surface area contributed by atoms with Gasteiger partial charge in [0, 0.05) is 25.2 Å². The van der Waals surface area contributed by atoms with E-state index >= 15 is 0 Å². The Kier molecular flexibility index (Phi) is 13.6. The Bertz CT molecular complexity index is 1140. The number of benzene rings is 1. The molecule has 1 fully saturated rings. The summed E-state index contributed by atoms with van der Waals surface area (Å²) in [5.41, 5.74) is 6.87. The molecule has 0 spiro atoms. The van der Waals surface area contributed by atoms with Crippen LogP contribution in [0.1, 0.15) is 31.7 Å². The van der Waals surface area contributed by atoms with Gasteiger partial charge in [-0.3, -0.25) is 0 Å². The molecule has 1 aliphatic carbocycles. The summed E-state index contributed by atoms with van der Waals surface area (Å²) in [6.45, 7) is 1.98. The fourth-order valence-electron chi connectivity index (χ4n) is 4.29. The van der Waals surface area contributed by atoms with E-state index in [0.29, 0.717) is 30.7 Å². The van der Waals surface area contributed by atoms with Crippen LogP contribution in [0.4, 0.5) is 4.79 Å². The Morgan fingerprint density at radius 3 is 2.59 bits per heavy atom. The van der Waals surface area contributed by atoms with Crippen molar-refractivity contribution < 1.29 is 71.1 Å². The van der Waals surface area contributed by atoms with Gasteiger partial charge in [-0.05, 0) is 30.9 Å². The maximum atomic E-state index is 13.5. The van der Waals surface area contributed by atoms with Gasteiger partial charge in [0.2, 0.25) is 10.0 Å². The van der Waals surface area contributed by atoms with E-state index in [9.17, 15) is 27.6 Å². The van der Waals surface area contributed by atoms with Crippen molar-refractivity contribution in [1.82, 2.24) is 9.62 Å². The van der Waals surface area contributed by atoms with Gasteiger partial charge in [-0.15, -0.1) is 0 Å². The quantitative estimate of drug-likeness (QED) is 0.184. The molecule has 1 aliphatic heterocycles. The fraction of sp³-hybridized carbons (Fsp3) is 0.542. The van der Waals surface area contributed by atoms with Gasteiger partial charge in [-0.25, -0.2) is 13.2 Å². The molecule has 3 unspecified atom stereocenters. The number of rotatable bonds is 13. The number of alkyl carbamates (subject to hydrolysis) is 1. The van der Waals surface area contributed by atoms with Crippen LogP contribution in [0.5, 0.6) is 0 Å². The molecule has 1 aromatic rings. The van der Waals surface area contributed by atoms with Crippen molar-refractivity contribution in [2.45, 2.75) is 56.1 Å². The van der Waals surface area contributed by atoms with Gasteiger partial charge in [-0.2, -0.15) is 4.31 Å². The van der Waals surface area contributed by atoms with E-state index in [1.807, 2.05) is 0 Å². The Morgan fingerprint density at radius 2 is 2.03 bits per heavy atom. The number of carbonyl (C=O) groups excluding carboxylic acids is 1. The van der Waals surface area contributed by atoms with Crippen LogP contribution >= 0.6 is 7.82 Å². The first-order valence-corrected chi connectivity index (χ1v) is 15.4. The maximum Gasteiger partial charge on any atom is 1.00 e. The number of phosphoric ester groups is 1. The Morgan fingerprint density at radius 1 is 1.31 bits per heavy atom. The molecule has 0 saturated carbocycles. The molecule has 0 bridgehead atoms. The molecule has 1 amide bonds. The molecule has 212 valence electrons. The van der Waals surface area contributed by atoms with Crippen molar-refractivity contribution in [1.29, 1.82) is 0 Å². The van der Waals surface area contributed by atoms with Crippen LogP contribution in [-0.2, 0) is 35.0 Å². The molecular weight excluding hydrogens is 560 g/mol. The van der Waals surface area contributed by atoms with E-state index in [1.54, 1.807) is 43.3 Å². The van der Waals surface area contributed by atoms with Crippen molar-refractivity contribution in [2.24, 2.45) is 5.73 Å². The Balaban J connectivity index is 0.00000533. The van der Waals surface area contributed by atoms with Crippen molar-refractivity contribution in [3.8, 4) is 0 Å². The van der Waals surface area contributed by atoms with Crippen LogP contribution in [0, 0.1) is 0 Å². The second kappa shape index (κ2) is 15.7. The van der Waals surface area contributed by atoms with E-state index < -0.39 is 54.0 Å². The second-order valence-electron chi connectivity index (χ2n) is 9.16. The monoisotopic (exact) mass is 594 g/mol. The summed E-state index contributed by atoms with van der Waals surface area (Å²) in [4.78, 5) is 36.3. The number of sulfonamides is 1. The fourth-order valence-corrected chi connectivity index (χ4v) is 6.62. The molecule has 4 atom stereocenters. The second-order valence-corrected chi connectivity index (χ2v) is 12.4. The molecule has 39 heavy (non-hydrogen) atoms. The topological polar surface area (TPSA) is 183 Å². The summed E-state index contributed by atoms with van der Waals surface area (Å²) >= 11 is 0. The SMILES string of the molecule is CCCN(CC(OP(=O)([O-])[O-])[C@H](Cc1ccccc1)NC(=O)OC1CCOC1)S(=O)(=O)C1C=CC(N)=CC1.[Na+]. The molecule has 1 heterocycles. The van der Waals surface area contributed by atoms with Gasteiger partial charge in [0.25, 0.3) is 0 Å². The maximum absolute atomic E-state index is 13.5. The number of amides is 1. The van der Waals surface area contributed by atoms with E-state index in [0.717, 1.165) is 4.31 Å². The minimum Gasteiger partial charge on any atom is -0.790 e. The molecule has 1 aromatic carbocycles. The van der Waals surface area contributed by atoms with Crippen LogP contribution < -0.4 is 50.4 Å². The molecule has 15 heteroatoms. The number of ether oxygens (including phenoxy) is 2. The predicted octanol–water partition coefficient (Wildman–Crippen LogP) is -2.46. The standard InChI is InChI=1S/C24H36N3O9PS.Na/c1-2-13-27(38(32,33)21-10-8-19(25)9-11-21)16-23(36-37(29,30)31)22(15-18-6-4-3-5-7-18)26-24(28)35-20-12-14-34-17-20;/h3-10,20-23H,2,11-17,25H2,1H3,(H,26,28)(H2,29,30,31);/q;+1/p-2/t20?,21?,22-,23?;/m0./s1. The van der Waals surface area contributed by atoms with Crippen molar-refractivity contribution in [3.63, 3.8) is 0 Å². The summed E-state index contributed by atoms with van der Waals surface area (Å²) < 4.78 is 55.4. The number of hydrogen-bond donors (Lipinski definition) is 2. The summed E-state index contributed by atoms with van der Waals surface area (Å²) in [5, 5.41) is 1.67. The van der Waals surface area contributed by atoms with Gasteiger partial charge in [-0.1, -0.05) is 49.4 Å². The Hall–Kier alpha value is -1.25. The molecule has 3 N–H and O–H groups in total. The number of hydrogen-bond acceptors (Lipinski definition) is 10. The number of nitrogens with one attached hydrogen (secondary N) is 1. The number of nitrogens with zero attached hydrogens (tertiary/aromatic N) is 1. The first-order valence-electron chi connectivity index (χ1n) is 12.4. The molecule has 1 saturated heterocycles. The minimum absolute atomic E-state index is 0. The summed E-state index contributed by atoms with van der Waals surface area (Å²) in [5.74, 6) is 0. The van der Waals surface area contributed by atoms with Gasteiger partial charge < -0.3 is 39.4 Å². The van der Waals surface area contributed by atoms with Crippen LogP contribution in [-0.4, -0.2) is 68.6 Å². The molecular formula is C24H34N3NaO9PS-. The van der Waals surface area contributed by atoms with Crippen LogP contribution in [0.15, 0.2) is 54.3 Å². The van der Waals surface area contributed by atoms with E-state index in [2.05, 4.69) is 5.32 Å². The Labute approximate surface area is 251 Å². The summed E-state index contributed by atoms with van der Waals surface area (Å²) in [6, 6.07) is 7.68. The van der Waals surface area contributed by atoms with Crippen molar-refractivity contribution >= 4 is 23.9 Å². The molecule has 12 nitrogen and oxygen atoms in total. The van der Waals surface area contributed by atoms with E-state index in [1.165, 1.54) is 12.2 Å². The first kappa shape index (κ1) is 34.0. The van der Waals surface area contributed by atoms with Crippen LogP contribution in [0.25, 0.3) is 0 Å². The zero-order valence-electron chi connectivity index (χ0n) is 22.1. The number of allylic oxidation sites excluding steroid dienone is 2. The first-order chi connectivity index (χ1) is 18.0. The predicted molar refractivity (Wildman–Crippen MR) is 136 cm³/mol. The normalized spacial score (nSPS) is 21.1. The van der Waals surface area contributed by atoms with E-state index in [4.69, 9.17) is 19.7 Å². The largest absolute Gasteiger partial charge is 1.00 e. The molecule has 3 rings (SSSR count). The smallest absolute Gasteiger partial charge is 0.790 e. The summed E-state index contributed by atoms with van der Waals surface area (Å²) in [7, 11) is -9.60. The van der Waals surface area contributed by atoms with Crippen LogP contribution in [0.3, 0.4) is 0 Å². The number of phosphoric acid groups is 1. The average molecular weight is 595 g/mol. The average Bonchev–Trinajstić information content (AvgIpc) is 3.36.